The van der Waals surface area contributed by atoms with Crippen LogP contribution in [0.15, 0.2) is 48.7 Å². The summed E-state index contributed by atoms with van der Waals surface area (Å²) >= 11 is 3.20. The van der Waals surface area contributed by atoms with Gasteiger partial charge >= 0.3 is 0 Å². The number of halogens is 1. The molecule has 1 aromatic heterocycles. The van der Waals surface area contributed by atoms with Crippen molar-refractivity contribution in [2.75, 3.05) is 5.32 Å². The van der Waals surface area contributed by atoms with Crippen LogP contribution >= 0.6 is 15.9 Å². The number of pyridine rings is 1. The number of carbonyl (C=O) groups excluding carboxylic acids is 1. The van der Waals surface area contributed by atoms with Crippen molar-refractivity contribution in [1.82, 2.24) is 4.98 Å². The van der Waals surface area contributed by atoms with Gasteiger partial charge in [-0.05, 0) is 24.6 Å². The molecule has 2 rings (SSSR count). The van der Waals surface area contributed by atoms with Gasteiger partial charge in [-0.2, -0.15) is 0 Å². The molecule has 1 unspecified atom stereocenters. The van der Waals surface area contributed by atoms with Crippen molar-refractivity contribution in [2.45, 2.75) is 18.4 Å². The topological polar surface area (TPSA) is 51.2 Å². The molecule has 104 valence electrons. The largest absolute Gasteiger partial charge is 0.487 e. The van der Waals surface area contributed by atoms with Crippen LogP contribution in [-0.4, -0.2) is 15.7 Å². The van der Waals surface area contributed by atoms with Crippen LogP contribution in [0.1, 0.15) is 12.5 Å². The Balaban J connectivity index is 1.90. The molecule has 1 atom stereocenters. The molecule has 0 aliphatic heterocycles. The van der Waals surface area contributed by atoms with Crippen molar-refractivity contribution in [3.8, 4) is 5.75 Å². The van der Waals surface area contributed by atoms with Gasteiger partial charge in [0.2, 0.25) is 5.91 Å². The third-order valence-electron chi connectivity index (χ3n) is 2.60. The van der Waals surface area contributed by atoms with Gasteiger partial charge in [-0.1, -0.05) is 46.3 Å². The van der Waals surface area contributed by atoms with E-state index in [2.05, 4.69) is 26.2 Å². The van der Waals surface area contributed by atoms with Crippen LogP contribution in [0.2, 0.25) is 0 Å². The normalized spacial score (nSPS) is 11.7. The molecule has 0 aliphatic rings. The van der Waals surface area contributed by atoms with E-state index in [9.17, 15) is 4.79 Å². The first kappa shape index (κ1) is 14.5. The van der Waals surface area contributed by atoms with Crippen LogP contribution in [0.5, 0.6) is 5.75 Å². The first-order chi connectivity index (χ1) is 9.65. The maximum atomic E-state index is 11.5. The summed E-state index contributed by atoms with van der Waals surface area (Å²) < 4.78 is 5.62. The quantitative estimate of drug-likeness (QED) is 0.853. The number of anilines is 1. The Morgan fingerprint density at radius 3 is 2.65 bits per heavy atom. The van der Waals surface area contributed by atoms with Crippen LogP contribution in [0.3, 0.4) is 0 Å². The molecule has 0 aliphatic carbocycles. The van der Waals surface area contributed by atoms with E-state index in [0.717, 1.165) is 5.56 Å². The monoisotopic (exact) mass is 334 g/mol. The number of hydrogen-bond acceptors (Lipinski definition) is 3. The number of carbonyl (C=O) groups is 1. The fraction of sp³-hybridized carbons (Fsp3) is 0.200. The third-order valence-corrected chi connectivity index (χ3v) is 3.01. The van der Waals surface area contributed by atoms with Gasteiger partial charge in [0.05, 0.1) is 11.0 Å². The average molecular weight is 335 g/mol. The molecule has 0 saturated heterocycles. The molecule has 2 aromatic rings. The van der Waals surface area contributed by atoms with Gasteiger partial charge in [-0.15, -0.1) is 0 Å². The highest BCUT2D eigenvalue weighted by atomic mass is 79.9. The molecule has 0 bridgehead atoms. The maximum absolute atomic E-state index is 11.5. The molecule has 4 nitrogen and oxygen atoms in total. The zero-order valence-corrected chi connectivity index (χ0v) is 12.6. The minimum absolute atomic E-state index is 0.129. The van der Waals surface area contributed by atoms with E-state index in [1.165, 1.54) is 0 Å². The second kappa shape index (κ2) is 7.05. The average Bonchev–Trinajstić information content (AvgIpc) is 2.47. The lowest BCUT2D eigenvalue weighted by Crippen LogP contribution is -2.20. The Bertz CT molecular complexity index is 556. The van der Waals surface area contributed by atoms with Crippen molar-refractivity contribution in [3.63, 3.8) is 0 Å². The van der Waals surface area contributed by atoms with Crippen LogP contribution in [-0.2, 0) is 11.4 Å². The SMILES string of the molecule is CC(Br)C(=O)Nc1ccc(OCc2ccccc2)cn1. The number of alkyl halides is 1. The van der Waals surface area contributed by atoms with E-state index in [1.54, 1.807) is 25.3 Å². The Hall–Kier alpha value is -1.88. The van der Waals surface area contributed by atoms with Gasteiger partial charge < -0.3 is 10.1 Å². The molecule has 1 heterocycles. The predicted octanol–water partition coefficient (Wildman–Crippen LogP) is 3.38. The van der Waals surface area contributed by atoms with Crippen molar-refractivity contribution in [1.29, 1.82) is 0 Å². The lowest BCUT2D eigenvalue weighted by Gasteiger charge is -2.08. The van der Waals surface area contributed by atoms with E-state index in [4.69, 9.17) is 4.74 Å². The maximum Gasteiger partial charge on any atom is 0.239 e. The zero-order valence-electron chi connectivity index (χ0n) is 11.0. The molecule has 0 saturated carbocycles. The molecule has 1 N–H and O–H groups in total. The highest BCUT2D eigenvalue weighted by Crippen LogP contribution is 2.14. The standard InChI is InChI=1S/C15H15BrN2O2/c1-11(16)15(19)18-14-8-7-13(9-17-14)20-10-12-5-3-2-4-6-12/h2-9,11H,10H2,1H3,(H,17,18,19). The third kappa shape index (κ3) is 4.35. The Morgan fingerprint density at radius 2 is 2.05 bits per heavy atom. The molecule has 0 radical (unpaired) electrons. The Morgan fingerprint density at radius 1 is 1.30 bits per heavy atom. The summed E-state index contributed by atoms with van der Waals surface area (Å²) in [5.74, 6) is 1.04. The molecule has 20 heavy (non-hydrogen) atoms. The smallest absolute Gasteiger partial charge is 0.239 e. The molecule has 1 amide bonds. The summed E-state index contributed by atoms with van der Waals surface area (Å²) in [6.45, 7) is 2.25. The molecule has 0 fully saturated rings. The summed E-state index contributed by atoms with van der Waals surface area (Å²) in [6.07, 6.45) is 1.59. The van der Waals surface area contributed by atoms with E-state index >= 15 is 0 Å². The zero-order chi connectivity index (χ0) is 14.4. The van der Waals surface area contributed by atoms with E-state index in [-0.39, 0.29) is 10.7 Å². The number of ether oxygens (including phenoxy) is 1. The first-order valence-electron chi connectivity index (χ1n) is 6.23. The van der Waals surface area contributed by atoms with E-state index in [1.807, 2.05) is 30.3 Å². The second-order valence-corrected chi connectivity index (χ2v) is 5.63. The van der Waals surface area contributed by atoms with Crippen molar-refractivity contribution < 1.29 is 9.53 Å². The van der Waals surface area contributed by atoms with E-state index < -0.39 is 0 Å². The molecule has 1 aromatic carbocycles. The summed E-state index contributed by atoms with van der Waals surface area (Å²) in [7, 11) is 0. The van der Waals surface area contributed by atoms with Crippen LogP contribution in [0.4, 0.5) is 5.82 Å². The number of nitrogens with zero attached hydrogens (tertiary/aromatic N) is 1. The Labute approximate surface area is 126 Å². The number of benzene rings is 1. The minimum atomic E-state index is -0.252. The molecular weight excluding hydrogens is 320 g/mol. The fourth-order valence-corrected chi connectivity index (χ4v) is 1.62. The Kier molecular flexibility index (Phi) is 5.12. The summed E-state index contributed by atoms with van der Waals surface area (Å²) in [6, 6.07) is 13.4. The van der Waals surface area contributed by atoms with Gasteiger partial charge in [0.15, 0.2) is 0 Å². The molecule has 5 heteroatoms. The fourth-order valence-electron chi connectivity index (χ4n) is 1.51. The minimum Gasteiger partial charge on any atom is -0.487 e. The van der Waals surface area contributed by atoms with Gasteiger partial charge in [-0.25, -0.2) is 4.98 Å². The van der Waals surface area contributed by atoms with E-state index in [0.29, 0.717) is 18.2 Å². The van der Waals surface area contributed by atoms with Crippen LogP contribution in [0, 0.1) is 0 Å². The highest BCUT2D eigenvalue weighted by Gasteiger charge is 2.09. The highest BCUT2D eigenvalue weighted by molar-refractivity contribution is 9.10. The summed E-state index contributed by atoms with van der Waals surface area (Å²) in [4.78, 5) is 15.4. The van der Waals surface area contributed by atoms with Crippen LogP contribution in [0.25, 0.3) is 0 Å². The van der Waals surface area contributed by atoms with Gasteiger partial charge in [0, 0.05) is 0 Å². The first-order valence-corrected chi connectivity index (χ1v) is 7.14. The number of amides is 1. The summed E-state index contributed by atoms with van der Waals surface area (Å²) in [5, 5.41) is 2.69. The number of aromatic nitrogens is 1. The molecule has 0 spiro atoms. The van der Waals surface area contributed by atoms with Crippen molar-refractivity contribution in [2.24, 2.45) is 0 Å². The van der Waals surface area contributed by atoms with Gasteiger partial charge in [-0.3, -0.25) is 4.79 Å². The van der Waals surface area contributed by atoms with Crippen molar-refractivity contribution in [3.05, 3.63) is 54.2 Å². The predicted molar refractivity (Wildman–Crippen MR) is 82.0 cm³/mol. The van der Waals surface area contributed by atoms with Gasteiger partial charge in [0.1, 0.15) is 18.2 Å². The second-order valence-electron chi connectivity index (χ2n) is 4.26. The number of rotatable bonds is 5. The lowest BCUT2D eigenvalue weighted by atomic mass is 10.2. The lowest BCUT2D eigenvalue weighted by molar-refractivity contribution is -0.115. The molecular formula is C15H15BrN2O2. The number of hydrogen-bond donors (Lipinski definition) is 1. The van der Waals surface area contributed by atoms with Crippen molar-refractivity contribution >= 4 is 27.7 Å². The number of nitrogens with one attached hydrogen (secondary N) is 1. The summed E-state index contributed by atoms with van der Waals surface area (Å²) in [5.41, 5.74) is 1.10. The van der Waals surface area contributed by atoms with Crippen LogP contribution < -0.4 is 10.1 Å². The van der Waals surface area contributed by atoms with Gasteiger partial charge in [0.25, 0.3) is 0 Å².